The quantitative estimate of drug-likeness (QED) is 0.602. The van der Waals surface area contributed by atoms with E-state index in [1.54, 1.807) is 0 Å². The molecule has 0 aliphatic heterocycles. The highest BCUT2D eigenvalue weighted by Crippen LogP contribution is 2.36. The van der Waals surface area contributed by atoms with E-state index < -0.39 is 29.5 Å². The summed E-state index contributed by atoms with van der Waals surface area (Å²) < 4.78 is 77.2. The van der Waals surface area contributed by atoms with Crippen molar-refractivity contribution in [1.29, 1.82) is 5.26 Å². The molecular weight excluding hydrogens is 310 g/mol. The molecule has 0 saturated heterocycles. The van der Waals surface area contributed by atoms with Crippen LogP contribution in [0.25, 0.3) is 0 Å². The molecule has 0 aromatic heterocycles. The molecule has 0 N–H and O–H groups in total. The molecule has 120 valence electrons. The van der Waals surface area contributed by atoms with Crippen LogP contribution in [0.1, 0.15) is 18.1 Å². The molecule has 0 spiro atoms. The molecule has 1 unspecified atom stereocenters. The average molecular weight is 322 g/mol. The van der Waals surface area contributed by atoms with E-state index in [1.165, 1.54) is 6.07 Å². The number of hydrogen-bond donors (Lipinski definition) is 0. The summed E-state index contributed by atoms with van der Waals surface area (Å²) in [6.07, 6.45) is -8.29. The summed E-state index contributed by atoms with van der Waals surface area (Å²) in [5.74, 6) is 0. The number of hydrogen-bond acceptors (Lipinski definition) is 2. The normalized spacial score (nSPS) is 13.4. The molecule has 22 heavy (non-hydrogen) atoms. The van der Waals surface area contributed by atoms with Crippen molar-refractivity contribution in [2.24, 2.45) is 0 Å². The Balaban J connectivity index is 3.39. The predicted molar refractivity (Wildman–Crippen MR) is 69.2 cm³/mol. The highest BCUT2D eigenvalue weighted by atomic mass is 19.4. The number of halogens is 6. The largest absolute Gasteiger partial charge is 0.417 e. The van der Waals surface area contributed by atoms with Gasteiger partial charge in [0.15, 0.2) is 0 Å². The Labute approximate surface area is 123 Å². The fourth-order valence-corrected chi connectivity index (χ4v) is 1.85. The molecule has 0 saturated carbocycles. The van der Waals surface area contributed by atoms with Gasteiger partial charge in [-0.2, -0.15) is 31.6 Å². The van der Waals surface area contributed by atoms with E-state index in [4.69, 9.17) is 5.26 Å². The number of nitrogens with zero attached hydrogens (tertiary/aromatic N) is 2. The van der Waals surface area contributed by atoms with Crippen LogP contribution in [0, 0.1) is 11.3 Å². The zero-order chi connectivity index (χ0) is 17.1. The van der Waals surface area contributed by atoms with Crippen molar-refractivity contribution in [1.82, 2.24) is 0 Å². The van der Waals surface area contributed by atoms with Gasteiger partial charge < -0.3 is 4.90 Å². The maximum atomic E-state index is 12.9. The summed E-state index contributed by atoms with van der Waals surface area (Å²) in [5.41, 5.74) is -2.19. The van der Waals surface area contributed by atoms with Crippen LogP contribution in [0.4, 0.5) is 32.0 Å². The van der Waals surface area contributed by atoms with E-state index in [0.717, 1.165) is 30.0 Å². The third kappa shape index (κ3) is 3.93. The minimum atomic E-state index is -4.83. The van der Waals surface area contributed by atoms with Crippen molar-refractivity contribution < 1.29 is 26.3 Å². The van der Waals surface area contributed by atoms with Crippen LogP contribution in [0.3, 0.4) is 0 Å². The predicted octanol–water partition coefficient (Wildman–Crippen LogP) is 4.52. The Morgan fingerprint density at radius 2 is 1.86 bits per heavy atom. The lowest BCUT2D eigenvalue weighted by Crippen LogP contribution is -2.44. The molecule has 8 heteroatoms. The van der Waals surface area contributed by atoms with Crippen LogP contribution >= 0.6 is 0 Å². The second-order valence-corrected chi connectivity index (χ2v) is 4.50. The van der Waals surface area contributed by atoms with Crippen molar-refractivity contribution in [3.05, 3.63) is 42.0 Å². The first-order valence-corrected chi connectivity index (χ1v) is 6.08. The minimum absolute atomic E-state index is 0.281. The number of nitriles is 1. The first-order chi connectivity index (χ1) is 10.0. The molecule has 0 aliphatic carbocycles. The SMILES string of the molecule is C=CCN(c1ccc(C#N)c(C(F)(F)F)c1)C(C)C(F)(F)F. The zero-order valence-corrected chi connectivity index (χ0v) is 11.5. The highest BCUT2D eigenvalue weighted by molar-refractivity contribution is 5.56. The Hall–Kier alpha value is -2.17. The molecule has 0 heterocycles. The van der Waals surface area contributed by atoms with E-state index in [9.17, 15) is 26.3 Å². The maximum absolute atomic E-state index is 12.9. The Bertz CT molecular complexity index is 582. The molecule has 1 aromatic carbocycles. The van der Waals surface area contributed by atoms with Gasteiger partial charge in [0.25, 0.3) is 0 Å². The Morgan fingerprint density at radius 1 is 1.27 bits per heavy atom. The number of rotatable bonds is 4. The van der Waals surface area contributed by atoms with Crippen molar-refractivity contribution in [3.63, 3.8) is 0 Å². The third-order valence-corrected chi connectivity index (χ3v) is 3.03. The number of benzene rings is 1. The number of anilines is 1. The fourth-order valence-electron chi connectivity index (χ4n) is 1.85. The van der Waals surface area contributed by atoms with Gasteiger partial charge in [0.1, 0.15) is 6.04 Å². The second-order valence-electron chi connectivity index (χ2n) is 4.50. The summed E-state index contributed by atoms with van der Waals surface area (Å²) in [6.45, 7) is 3.87. The zero-order valence-electron chi connectivity index (χ0n) is 11.5. The van der Waals surface area contributed by atoms with E-state index >= 15 is 0 Å². The second kappa shape index (κ2) is 6.30. The van der Waals surface area contributed by atoms with E-state index in [1.807, 2.05) is 0 Å². The summed E-state index contributed by atoms with van der Waals surface area (Å²) in [7, 11) is 0. The molecule has 1 atom stereocenters. The van der Waals surface area contributed by atoms with Gasteiger partial charge in [-0.05, 0) is 25.1 Å². The van der Waals surface area contributed by atoms with Gasteiger partial charge in [0.05, 0.1) is 17.2 Å². The van der Waals surface area contributed by atoms with Gasteiger partial charge >= 0.3 is 12.4 Å². The van der Waals surface area contributed by atoms with Crippen LogP contribution in [0.5, 0.6) is 0 Å². The van der Waals surface area contributed by atoms with Crippen LogP contribution < -0.4 is 4.90 Å². The average Bonchev–Trinajstić information content (AvgIpc) is 2.41. The van der Waals surface area contributed by atoms with Crippen molar-refractivity contribution >= 4 is 5.69 Å². The smallest absolute Gasteiger partial charge is 0.356 e. The van der Waals surface area contributed by atoms with Crippen LogP contribution in [-0.4, -0.2) is 18.8 Å². The van der Waals surface area contributed by atoms with Gasteiger partial charge in [-0.15, -0.1) is 6.58 Å². The molecule has 1 aromatic rings. The van der Waals surface area contributed by atoms with Gasteiger partial charge in [-0.25, -0.2) is 0 Å². The minimum Gasteiger partial charge on any atom is -0.356 e. The topological polar surface area (TPSA) is 27.0 Å². The van der Waals surface area contributed by atoms with Gasteiger partial charge in [0.2, 0.25) is 0 Å². The lowest BCUT2D eigenvalue weighted by molar-refractivity contribution is -0.144. The van der Waals surface area contributed by atoms with Crippen LogP contribution in [0.2, 0.25) is 0 Å². The third-order valence-electron chi connectivity index (χ3n) is 3.03. The summed E-state index contributed by atoms with van der Waals surface area (Å²) in [4.78, 5) is 0.739. The Kier molecular flexibility index (Phi) is 5.12. The van der Waals surface area contributed by atoms with E-state index in [-0.39, 0.29) is 12.2 Å². The molecule has 0 fully saturated rings. The van der Waals surface area contributed by atoms with Crippen molar-refractivity contribution in [3.8, 4) is 6.07 Å². The summed E-state index contributed by atoms with van der Waals surface area (Å²) in [5, 5.41) is 8.69. The molecule has 1 rings (SSSR count). The molecule has 0 amide bonds. The monoisotopic (exact) mass is 322 g/mol. The summed E-state index contributed by atoms with van der Waals surface area (Å²) in [6, 6.07) is 1.84. The highest BCUT2D eigenvalue weighted by Gasteiger charge is 2.41. The van der Waals surface area contributed by atoms with E-state index in [0.29, 0.717) is 6.07 Å². The van der Waals surface area contributed by atoms with Crippen LogP contribution in [0.15, 0.2) is 30.9 Å². The fraction of sp³-hybridized carbons (Fsp3) is 0.357. The number of alkyl halides is 6. The van der Waals surface area contributed by atoms with Crippen molar-refractivity contribution in [2.75, 3.05) is 11.4 Å². The molecule has 2 nitrogen and oxygen atoms in total. The molecular formula is C14H12F6N2. The summed E-state index contributed by atoms with van der Waals surface area (Å²) >= 11 is 0. The maximum Gasteiger partial charge on any atom is 0.417 e. The van der Waals surface area contributed by atoms with E-state index in [2.05, 4.69) is 6.58 Å². The van der Waals surface area contributed by atoms with Gasteiger partial charge in [0, 0.05) is 12.2 Å². The van der Waals surface area contributed by atoms with Crippen LogP contribution in [-0.2, 0) is 6.18 Å². The lowest BCUT2D eigenvalue weighted by Gasteiger charge is -2.32. The van der Waals surface area contributed by atoms with Gasteiger partial charge in [-0.3, -0.25) is 0 Å². The standard InChI is InChI=1S/C14H12F6N2/c1-3-6-22(9(2)13(15,16)17)11-5-4-10(8-21)12(7-11)14(18,19)20/h3-5,7,9H,1,6H2,2H3. The molecule has 0 bridgehead atoms. The lowest BCUT2D eigenvalue weighted by atomic mass is 10.1. The first kappa shape index (κ1) is 17.9. The van der Waals surface area contributed by atoms with Crippen molar-refractivity contribution in [2.45, 2.75) is 25.3 Å². The Morgan fingerprint density at radius 3 is 2.27 bits per heavy atom. The van der Waals surface area contributed by atoms with Gasteiger partial charge in [-0.1, -0.05) is 6.08 Å². The molecule has 0 aliphatic rings. The first-order valence-electron chi connectivity index (χ1n) is 6.08. The molecule has 0 radical (unpaired) electrons.